The quantitative estimate of drug-likeness (QED) is 0.877. The Morgan fingerprint density at radius 1 is 1.33 bits per heavy atom. The van der Waals surface area contributed by atoms with E-state index in [1.807, 2.05) is 13.8 Å². The third-order valence-corrected chi connectivity index (χ3v) is 3.14. The van der Waals surface area contributed by atoms with Gasteiger partial charge < -0.3 is 10.8 Å². The topological polar surface area (TPSA) is 64.1 Å². The number of rotatable bonds is 2. The summed E-state index contributed by atoms with van der Waals surface area (Å²) >= 11 is 6.09. The lowest BCUT2D eigenvalue weighted by molar-refractivity contribution is 0.466. The molecule has 0 aliphatic carbocycles. The number of aryl methyl sites for hydroxylation is 1. The van der Waals surface area contributed by atoms with E-state index in [0.29, 0.717) is 22.1 Å². The van der Waals surface area contributed by atoms with Gasteiger partial charge in [-0.05, 0) is 23.6 Å². The van der Waals surface area contributed by atoms with Gasteiger partial charge in [0.05, 0.1) is 5.69 Å². The Bertz CT molecular complexity index is 571. The summed E-state index contributed by atoms with van der Waals surface area (Å²) in [5.41, 5.74) is 7.79. The van der Waals surface area contributed by atoms with Crippen LogP contribution in [0.25, 0.3) is 11.3 Å². The Morgan fingerprint density at radius 3 is 2.50 bits per heavy atom. The Hall–Kier alpha value is -1.68. The van der Waals surface area contributed by atoms with Crippen LogP contribution in [0.3, 0.4) is 0 Å². The fraction of sp³-hybridized carbons (Fsp3) is 0.308. The molecule has 5 heteroatoms. The van der Waals surface area contributed by atoms with E-state index in [4.69, 9.17) is 17.3 Å². The van der Waals surface area contributed by atoms with Crippen LogP contribution in [0.15, 0.2) is 18.2 Å². The first-order valence-corrected chi connectivity index (χ1v) is 6.10. The molecule has 96 valence electrons. The van der Waals surface area contributed by atoms with Crippen LogP contribution in [0.2, 0.25) is 5.02 Å². The van der Waals surface area contributed by atoms with Crippen molar-refractivity contribution in [2.24, 2.45) is 7.05 Å². The molecule has 4 nitrogen and oxygen atoms in total. The summed E-state index contributed by atoms with van der Waals surface area (Å²) in [6, 6.07) is 5.19. The van der Waals surface area contributed by atoms with Crippen LogP contribution < -0.4 is 5.73 Å². The molecule has 1 aromatic carbocycles. The largest absolute Gasteiger partial charge is 0.507 e. The van der Waals surface area contributed by atoms with Crippen LogP contribution in [-0.4, -0.2) is 14.9 Å². The molecule has 0 fully saturated rings. The molecule has 0 radical (unpaired) electrons. The molecule has 0 bridgehead atoms. The number of benzene rings is 1. The van der Waals surface area contributed by atoms with Gasteiger partial charge in [0.1, 0.15) is 11.6 Å². The minimum atomic E-state index is 0.184. The van der Waals surface area contributed by atoms with E-state index in [-0.39, 0.29) is 11.7 Å². The molecule has 2 rings (SSSR count). The van der Waals surface area contributed by atoms with E-state index >= 15 is 0 Å². The maximum Gasteiger partial charge on any atom is 0.128 e. The van der Waals surface area contributed by atoms with Crippen LogP contribution in [-0.2, 0) is 7.05 Å². The van der Waals surface area contributed by atoms with Gasteiger partial charge in [0.15, 0.2) is 0 Å². The van der Waals surface area contributed by atoms with E-state index in [0.717, 1.165) is 5.56 Å². The molecule has 1 aromatic heterocycles. The molecule has 0 atom stereocenters. The predicted molar refractivity (Wildman–Crippen MR) is 73.8 cm³/mol. The number of hydrogen-bond donors (Lipinski definition) is 2. The van der Waals surface area contributed by atoms with Crippen molar-refractivity contribution in [2.45, 2.75) is 19.8 Å². The fourth-order valence-corrected chi connectivity index (χ4v) is 2.10. The standard InChI is InChI=1S/C13H16ClN3O/c1-7(2)9-4-8(14)5-10(13(9)18)11-6-12(15)17(3)16-11/h4-7,18H,15H2,1-3H3. The van der Waals surface area contributed by atoms with E-state index in [1.165, 1.54) is 0 Å². The second-order valence-corrected chi connectivity index (χ2v) is 5.06. The summed E-state index contributed by atoms with van der Waals surface area (Å²) in [7, 11) is 1.75. The summed E-state index contributed by atoms with van der Waals surface area (Å²) in [6.07, 6.45) is 0. The van der Waals surface area contributed by atoms with Gasteiger partial charge in [-0.25, -0.2) is 0 Å². The van der Waals surface area contributed by atoms with Crippen molar-refractivity contribution in [1.29, 1.82) is 0 Å². The van der Waals surface area contributed by atoms with Crippen LogP contribution in [0, 0.1) is 0 Å². The van der Waals surface area contributed by atoms with E-state index in [2.05, 4.69) is 5.10 Å². The van der Waals surface area contributed by atoms with Crippen molar-refractivity contribution in [3.8, 4) is 17.0 Å². The monoisotopic (exact) mass is 265 g/mol. The Balaban J connectivity index is 2.64. The lowest BCUT2D eigenvalue weighted by Crippen LogP contribution is -1.96. The van der Waals surface area contributed by atoms with Crippen molar-refractivity contribution in [1.82, 2.24) is 9.78 Å². The molecule has 3 N–H and O–H groups in total. The first-order valence-electron chi connectivity index (χ1n) is 5.72. The third-order valence-electron chi connectivity index (χ3n) is 2.92. The molecule has 0 aliphatic rings. The lowest BCUT2D eigenvalue weighted by Gasteiger charge is -2.12. The SMILES string of the molecule is CC(C)c1cc(Cl)cc(-c2cc(N)n(C)n2)c1O. The number of aromatic hydroxyl groups is 1. The lowest BCUT2D eigenvalue weighted by atomic mass is 9.98. The van der Waals surface area contributed by atoms with Gasteiger partial charge in [-0.15, -0.1) is 0 Å². The zero-order valence-electron chi connectivity index (χ0n) is 10.6. The average molecular weight is 266 g/mol. The van der Waals surface area contributed by atoms with Crippen LogP contribution in [0.4, 0.5) is 5.82 Å². The molecule has 0 amide bonds. The molecule has 0 saturated carbocycles. The Labute approximate surface area is 111 Å². The van der Waals surface area contributed by atoms with E-state index in [1.54, 1.807) is 29.9 Å². The van der Waals surface area contributed by atoms with Gasteiger partial charge in [-0.2, -0.15) is 5.10 Å². The smallest absolute Gasteiger partial charge is 0.128 e. The summed E-state index contributed by atoms with van der Waals surface area (Å²) in [4.78, 5) is 0. The normalized spacial score (nSPS) is 11.2. The molecule has 1 heterocycles. The first-order chi connectivity index (χ1) is 8.40. The number of nitrogen functional groups attached to an aromatic ring is 1. The number of anilines is 1. The van der Waals surface area contributed by atoms with Crippen molar-refractivity contribution >= 4 is 17.4 Å². The van der Waals surface area contributed by atoms with Gasteiger partial charge in [0, 0.05) is 23.7 Å². The van der Waals surface area contributed by atoms with Crippen molar-refractivity contribution in [3.05, 3.63) is 28.8 Å². The summed E-state index contributed by atoms with van der Waals surface area (Å²) in [5, 5.41) is 15.1. The van der Waals surface area contributed by atoms with Crippen molar-refractivity contribution in [3.63, 3.8) is 0 Å². The zero-order valence-corrected chi connectivity index (χ0v) is 11.4. The summed E-state index contributed by atoms with van der Waals surface area (Å²) in [6.45, 7) is 4.00. The number of halogens is 1. The van der Waals surface area contributed by atoms with Gasteiger partial charge in [0.25, 0.3) is 0 Å². The highest BCUT2D eigenvalue weighted by atomic mass is 35.5. The molecule has 0 saturated heterocycles. The van der Waals surface area contributed by atoms with E-state index < -0.39 is 0 Å². The maximum atomic E-state index is 10.3. The fourth-order valence-electron chi connectivity index (χ4n) is 1.87. The molecule has 0 spiro atoms. The second kappa shape index (κ2) is 4.53. The number of phenolic OH excluding ortho intramolecular Hbond substituents is 1. The van der Waals surface area contributed by atoms with Crippen LogP contribution in [0.5, 0.6) is 5.75 Å². The second-order valence-electron chi connectivity index (χ2n) is 4.62. The highest BCUT2D eigenvalue weighted by Gasteiger charge is 2.16. The number of hydrogen-bond acceptors (Lipinski definition) is 3. The third kappa shape index (κ3) is 2.16. The molecule has 0 unspecified atom stereocenters. The summed E-state index contributed by atoms with van der Waals surface area (Å²) in [5.74, 6) is 0.937. The van der Waals surface area contributed by atoms with Crippen molar-refractivity contribution in [2.75, 3.05) is 5.73 Å². The highest BCUT2D eigenvalue weighted by Crippen LogP contribution is 2.38. The van der Waals surface area contributed by atoms with E-state index in [9.17, 15) is 5.11 Å². The predicted octanol–water partition coefficient (Wildman–Crippen LogP) is 3.15. The number of nitrogens with zero attached hydrogens (tertiary/aromatic N) is 2. The number of aromatic nitrogens is 2. The Morgan fingerprint density at radius 2 is 2.00 bits per heavy atom. The zero-order chi connectivity index (χ0) is 13.4. The summed E-state index contributed by atoms with van der Waals surface area (Å²) < 4.78 is 1.56. The van der Waals surface area contributed by atoms with Gasteiger partial charge >= 0.3 is 0 Å². The van der Waals surface area contributed by atoms with Gasteiger partial charge in [-0.3, -0.25) is 4.68 Å². The molecular weight excluding hydrogens is 250 g/mol. The number of phenols is 1. The maximum absolute atomic E-state index is 10.3. The molecule has 18 heavy (non-hydrogen) atoms. The van der Waals surface area contributed by atoms with Crippen molar-refractivity contribution < 1.29 is 5.11 Å². The van der Waals surface area contributed by atoms with Gasteiger partial charge in [-0.1, -0.05) is 25.4 Å². The number of nitrogens with two attached hydrogens (primary N) is 1. The minimum Gasteiger partial charge on any atom is -0.507 e. The van der Waals surface area contributed by atoms with Crippen LogP contribution >= 0.6 is 11.6 Å². The van der Waals surface area contributed by atoms with Crippen LogP contribution in [0.1, 0.15) is 25.3 Å². The first kappa shape index (κ1) is 12.8. The molecule has 0 aliphatic heterocycles. The Kier molecular flexibility index (Phi) is 3.22. The molecule has 2 aromatic rings. The minimum absolute atomic E-state index is 0.184. The molecular formula is C13H16ClN3O. The average Bonchev–Trinajstić information content (AvgIpc) is 2.61. The highest BCUT2D eigenvalue weighted by molar-refractivity contribution is 6.31. The van der Waals surface area contributed by atoms with Gasteiger partial charge in [0.2, 0.25) is 0 Å².